The quantitative estimate of drug-likeness (QED) is 0.581. The molecule has 22 heavy (non-hydrogen) atoms. The van der Waals surface area contributed by atoms with Crippen molar-refractivity contribution in [2.45, 2.75) is 34.1 Å². The third kappa shape index (κ3) is 3.19. The minimum atomic E-state index is 0.281. The molecule has 0 amide bonds. The first-order chi connectivity index (χ1) is 10.4. The molecular weight excluding hydrogens is 266 g/mol. The molecule has 0 N–H and O–H groups in total. The Hall–Kier alpha value is -2.15. The maximum Gasteiger partial charge on any atom is 0.0712 e. The molecule has 3 aromatic rings. The van der Waals surface area contributed by atoms with Crippen LogP contribution in [0.15, 0.2) is 54.6 Å². The molecule has 0 saturated carbocycles. The van der Waals surface area contributed by atoms with Gasteiger partial charge in [0, 0.05) is 10.9 Å². The average molecular weight is 289 g/mol. The zero-order chi connectivity index (χ0) is 15.7. The van der Waals surface area contributed by atoms with Crippen LogP contribution in [0.5, 0.6) is 0 Å². The fraction of sp³-hybridized carbons (Fsp3) is 0.286. The molecule has 1 nitrogen and oxygen atoms in total. The lowest BCUT2D eigenvalue weighted by molar-refractivity contribution is 0.412. The van der Waals surface area contributed by atoms with Crippen LogP contribution in [-0.4, -0.2) is 4.98 Å². The van der Waals surface area contributed by atoms with Crippen molar-refractivity contribution in [3.63, 3.8) is 0 Å². The SMILES string of the molecule is Cc1cccc(-c2ccc3c(CC(C)(C)C)cccc3n2)c1. The Morgan fingerprint density at radius 1 is 0.909 bits per heavy atom. The zero-order valence-electron chi connectivity index (χ0n) is 13.9. The van der Waals surface area contributed by atoms with Crippen molar-refractivity contribution in [1.29, 1.82) is 0 Å². The summed E-state index contributed by atoms with van der Waals surface area (Å²) in [6.45, 7) is 8.95. The number of nitrogens with zero attached hydrogens (tertiary/aromatic N) is 1. The third-order valence-electron chi connectivity index (χ3n) is 3.86. The van der Waals surface area contributed by atoms with Crippen molar-refractivity contribution < 1.29 is 0 Å². The number of rotatable bonds is 2. The summed E-state index contributed by atoms with van der Waals surface area (Å²) in [6.07, 6.45) is 1.07. The van der Waals surface area contributed by atoms with Crippen molar-refractivity contribution in [3.05, 3.63) is 65.7 Å². The molecule has 0 spiro atoms. The standard InChI is InChI=1S/C21H23N/c1-15-7-5-8-16(13-15)19-12-11-18-17(14-21(2,3)4)9-6-10-20(18)22-19/h5-13H,14H2,1-4H3. The zero-order valence-corrected chi connectivity index (χ0v) is 13.9. The van der Waals surface area contributed by atoms with Gasteiger partial charge in [-0.2, -0.15) is 0 Å². The Kier molecular flexibility index (Phi) is 3.74. The number of hydrogen-bond acceptors (Lipinski definition) is 1. The first kappa shape index (κ1) is 14.8. The van der Waals surface area contributed by atoms with Crippen LogP contribution in [0.4, 0.5) is 0 Å². The monoisotopic (exact) mass is 289 g/mol. The molecule has 1 aromatic heterocycles. The number of fused-ring (bicyclic) bond motifs is 1. The minimum Gasteiger partial charge on any atom is -0.248 e. The van der Waals surface area contributed by atoms with Gasteiger partial charge >= 0.3 is 0 Å². The molecule has 0 unspecified atom stereocenters. The van der Waals surface area contributed by atoms with Gasteiger partial charge in [0.15, 0.2) is 0 Å². The summed E-state index contributed by atoms with van der Waals surface area (Å²) < 4.78 is 0. The fourth-order valence-electron chi connectivity index (χ4n) is 2.91. The lowest BCUT2D eigenvalue weighted by Gasteiger charge is -2.19. The van der Waals surface area contributed by atoms with E-state index in [4.69, 9.17) is 4.98 Å². The van der Waals surface area contributed by atoms with E-state index >= 15 is 0 Å². The molecule has 1 heterocycles. The number of pyridine rings is 1. The lowest BCUT2D eigenvalue weighted by atomic mass is 9.86. The highest BCUT2D eigenvalue weighted by atomic mass is 14.7. The molecule has 0 aliphatic rings. The van der Waals surface area contributed by atoms with Crippen LogP contribution in [0.25, 0.3) is 22.2 Å². The van der Waals surface area contributed by atoms with Crippen LogP contribution in [-0.2, 0) is 6.42 Å². The maximum absolute atomic E-state index is 4.88. The molecule has 0 radical (unpaired) electrons. The Balaban J connectivity index is 2.08. The molecule has 0 aliphatic heterocycles. The second-order valence-corrected chi connectivity index (χ2v) is 7.29. The van der Waals surface area contributed by atoms with Crippen molar-refractivity contribution in [3.8, 4) is 11.3 Å². The maximum atomic E-state index is 4.88. The van der Waals surface area contributed by atoms with Gasteiger partial charge in [-0.1, -0.05) is 62.7 Å². The summed E-state index contributed by atoms with van der Waals surface area (Å²) in [7, 11) is 0. The molecule has 0 aliphatic carbocycles. The van der Waals surface area contributed by atoms with Gasteiger partial charge in [0.05, 0.1) is 11.2 Å². The largest absolute Gasteiger partial charge is 0.248 e. The third-order valence-corrected chi connectivity index (χ3v) is 3.86. The second kappa shape index (κ2) is 5.57. The van der Waals surface area contributed by atoms with Crippen molar-refractivity contribution in [1.82, 2.24) is 4.98 Å². The average Bonchev–Trinajstić information content (AvgIpc) is 2.45. The van der Waals surface area contributed by atoms with E-state index in [1.807, 2.05) is 0 Å². The minimum absolute atomic E-state index is 0.281. The van der Waals surface area contributed by atoms with Crippen LogP contribution in [0.1, 0.15) is 31.9 Å². The normalized spacial score (nSPS) is 11.8. The Morgan fingerprint density at radius 3 is 2.41 bits per heavy atom. The fourth-order valence-corrected chi connectivity index (χ4v) is 2.91. The molecule has 112 valence electrons. The van der Waals surface area contributed by atoms with E-state index in [1.165, 1.54) is 22.1 Å². The number of aromatic nitrogens is 1. The smallest absolute Gasteiger partial charge is 0.0712 e. The first-order valence-electron chi connectivity index (χ1n) is 7.88. The number of hydrogen-bond donors (Lipinski definition) is 0. The Morgan fingerprint density at radius 2 is 1.68 bits per heavy atom. The predicted octanol–water partition coefficient (Wildman–Crippen LogP) is 5.80. The molecule has 1 heteroatoms. The summed E-state index contributed by atoms with van der Waals surface area (Å²) >= 11 is 0. The highest BCUT2D eigenvalue weighted by Gasteiger charge is 2.13. The van der Waals surface area contributed by atoms with Gasteiger partial charge in [0.1, 0.15) is 0 Å². The highest BCUT2D eigenvalue weighted by molar-refractivity contribution is 5.84. The van der Waals surface area contributed by atoms with Crippen molar-refractivity contribution in [2.24, 2.45) is 5.41 Å². The van der Waals surface area contributed by atoms with Gasteiger partial charge in [-0.15, -0.1) is 0 Å². The van der Waals surface area contributed by atoms with E-state index < -0.39 is 0 Å². The molecule has 3 rings (SSSR count). The van der Waals surface area contributed by atoms with E-state index in [2.05, 4.69) is 82.3 Å². The summed E-state index contributed by atoms with van der Waals surface area (Å²) in [4.78, 5) is 4.88. The van der Waals surface area contributed by atoms with Crippen molar-refractivity contribution >= 4 is 10.9 Å². The van der Waals surface area contributed by atoms with Gasteiger partial charge in [-0.25, -0.2) is 4.98 Å². The van der Waals surface area contributed by atoms with Crippen LogP contribution in [0.2, 0.25) is 0 Å². The Bertz CT molecular complexity index is 809. The van der Waals surface area contributed by atoms with Crippen LogP contribution >= 0.6 is 0 Å². The number of aryl methyl sites for hydroxylation is 1. The van der Waals surface area contributed by atoms with Gasteiger partial charge in [0.25, 0.3) is 0 Å². The van der Waals surface area contributed by atoms with Crippen LogP contribution < -0.4 is 0 Å². The molecular formula is C21H23N. The predicted molar refractivity (Wildman–Crippen MR) is 95.1 cm³/mol. The van der Waals surface area contributed by atoms with Gasteiger partial charge in [0.2, 0.25) is 0 Å². The van der Waals surface area contributed by atoms with Crippen LogP contribution in [0.3, 0.4) is 0 Å². The summed E-state index contributed by atoms with van der Waals surface area (Å²) in [6, 6.07) is 19.3. The van der Waals surface area contributed by atoms with Gasteiger partial charge in [-0.05, 0) is 42.5 Å². The van der Waals surface area contributed by atoms with E-state index in [1.54, 1.807) is 0 Å². The second-order valence-electron chi connectivity index (χ2n) is 7.29. The van der Waals surface area contributed by atoms with Crippen molar-refractivity contribution in [2.75, 3.05) is 0 Å². The molecule has 0 bridgehead atoms. The molecule has 0 fully saturated rings. The van der Waals surface area contributed by atoms with E-state index in [-0.39, 0.29) is 5.41 Å². The lowest BCUT2D eigenvalue weighted by Crippen LogP contribution is -2.09. The first-order valence-corrected chi connectivity index (χ1v) is 7.88. The Labute approximate surface area is 133 Å². The van der Waals surface area contributed by atoms with Gasteiger partial charge in [-0.3, -0.25) is 0 Å². The molecule has 0 atom stereocenters. The van der Waals surface area contributed by atoms with E-state index in [0.29, 0.717) is 0 Å². The van der Waals surface area contributed by atoms with E-state index in [9.17, 15) is 0 Å². The molecule has 0 saturated heterocycles. The summed E-state index contributed by atoms with van der Waals surface area (Å²) in [5, 5.41) is 1.27. The van der Waals surface area contributed by atoms with E-state index in [0.717, 1.165) is 17.6 Å². The number of benzene rings is 2. The topological polar surface area (TPSA) is 12.9 Å². The molecule has 2 aromatic carbocycles. The summed E-state index contributed by atoms with van der Waals surface area (Å²) in [5.41, 5.74) is 6.24. The van der Waals surface area contributed by atoms with Gasteiger partial charge < -0.3 is 0 Å². The van der Waals surface area contributed by atoms with Crippen LogP contribution in [0, 0.1) is 12.3 Å². The summed E-state index contributed by atoms with van der Waals surface area (Å²) in [5.74, 6) is 0. The highest BCUT2D eigenvalue weighted by Crippen LogP contribution is 2.28.